The molecule has 1 aliphatic carbocycles. The van der Waals surface area contributed by atoms with Gasteiger partial charge in [-0.25, -0.2) is 4.68 Å². The van der Waals surface area contributed by atoms with Crippen LogP contribution in [-0.4, -0.2) is 27.2 Å². The van der Waals surface area contributed by atoms with E-state index < -0.39 is 6.04 Å². The second-order valence-corrected chi connectivity index (χ2v) is 5.83. The number of pyridine rings is 1. The third-order valence-electron chi connectivity index (χ3n) is 4.16. The van der Waals surface area contributed by atoms with Gasteiger partial charge in [-0.05, 0) is 49.8 Å². The highest BCUT2D eigenvalue weighted by Crippen LogP contribution is 2.17. The highest BCUT2D eigenvalue weighted by molar-refractivity contribution is 5.79. The summed E-state index contributed by atoms with van der Waals surface area (Å²) >= 11 is 0. The summed E-state index contributed by atoms with van der Waals surface area (Å²) in [5.74, 6) is -0.193. The Morgan fingerprint density at radius 2 is 2.30 bits per heavy atom. The van der Waals surface area contributed by atoms with Crippen LogP contribution in [0.4, 0.5) is 0 Å². The first-order valence-electron chi connectivity index (χ1n) is 7.93. The van der Waals surface area contributed by atoms with Gasteiger partial charge >= 0.3 is 0 Å². The van der Waals surface area contributed by atoms with E-state index in [1.165, 1.54) is 4.68 Å². The lowest BCUT2D eigenvalue weighted by molar-refractivity contribution is -0.124. The van der Waals surface area contributed by atoms with E-state index in [9.17, 15) is 9.59 Å². The fourth-order valence-corrected chi connectivity index (χ4v) is 2.83. The number of rotatable bonds is 5. The van der Waals surface area contributed by atoms with E-state index in [4.69, 9.17) is 0 Å². The first-order valence-corrected chi connectivity index (χ1v) is 7.93. The van der Waals surface area contributed by atoms with E-state index >= 15 is 0 Å². The van der Waals surface area contributed by atoms with Crippen molar-refractivity contribution < 1.29 is 4.79 Å². The molecule has 0 spiro atoms. The van der Waals surface area contributed by atoms with Crippen molar-refractivity contribution >= 4 is 5.91 Å². The molecule has 1 unspecified atom stereocenters. The van der Waals surface area contributed by atoms with Crippen molar-refractivity contribution in [2.75, 3.05) is 6.54 Å². The summed E-state index contributed by atoms with van der Waals surface area (Å²) in [4.78, 5) is 28.4. The second-order valence-electron chi connectivity index (χ2n) is 5.83. The average Bonchev–Trinajstić information content (AvgIpc) is 3.01. The molecule has 1 aliphatic rings. The minimum atomic E-state index is -0.609. The van der Waals surface area contributed by atoms with Gasteiger partial charge in [0.2, 0.25) is 5.91 Å². The van der Waals surface area contributed by atoms with Crippen LogP contribution >= 0.6 is 0 Å². The third-order valence-corrected chi connectivity index (χ3v) is 4.16. The number of hydrogen-bond acceptors (Lipinski definition) is 4. The Morgan fingerprint density at radius 1 is 1.43 bits per heavy atom. The quantitative estimate of drug-likeness (QED) is 0.895. The van der Waals surface area contributed by atoms with E-state index in [-0.39, 0.29) is 11.5 Å². The van der Waals surface area contributed by atoms with Gasteiger partial charge in [-0.3, -0.25) is 14.6 Å². The fraction of sp³-hybridized carbons (Fsp3) is 0.412. The van der Waals surface area contributed by atoms with Crippen LogP contribution in [0.15, 0.2) is 35.4 Å². The van der Waals surface area contributed by atoms with Crippen molar-refractivity contribution in [1.82, 2.24) is 20.1 Å². The van der Waals surface area contributed by atoms with E-state index in [1.807, 2.05) is 12.1 Å². The molecule has 0 saturated carbocycles. The van der Waals surface area contributed by atoms with Gasteiger partial charge in [0.05, 0.1) is 5.69 Å². The van der Waals surface area contributed by atoms with Gasteiger partial charge in [0, 0.05) is 25.0 Å². The number of fused-ring (bicyclic) bond motifs is 1. The molecule has 3 rings (SSSR count). The zero-order valence-electron chi connectivity index (χ0n) is 13.2. The van der Waals surface area contributed by atoms with Crippen molar-refractivity contribution in [3.8, 4) is 0 Å². The number of carbonyl (C=O) groups is 1. The highest BCUT2D eigenvalue weighted by Gasteiger charge is 2.21. The number of amides is 1. The Morgan fingerprint density at radius 3 is 3.09 bits per heavy atom. The molecule has 1 N–H and O–H groups in total. The van der Waals surface area contributed by atoms with Gasteiger partial charge in [0.15, 0.2) is 0 Å². The molecule has 0 radical (unpaired) electrons. The third kappa shape index (κ3) is 3.47. The van der Waals surface area contributed by atoms with Crippen molar-refractivity contribution in [3.05, 3.63) is 57.8 Å². The number of aryl methyl sites for hydroxylation is 2. The SMILES string of the molecule is CC(C(=O)NCCc1cccnc1)n1nc2c(cc1=O)CCC2. The maximum Gasteiger partial charge on any atom is 0.267 e. The largest absolute Gasteiger partial charge is 0.354 e. The van der Waals surface area contributed by atoms with Gasteiger partial charge in [-0.1, -0.05) is 6.07 Å². The van der Waals surface area contributed by atoms with Gasteiger partial charge < -0.3 is 5.32 Å². The fourth-order valence-electron chi connectivity index (χ4n) is 2.83. The molecule has 120 valence electrons. The van der Waals surface area contributed by atoms with Crippen molar-refractivity contribution in [2.45, 2.75) is 38.6 Å². The number of nitrogens with one attached hydrogen (secondary N) is 1. The van der Waals surface area contributed by atoms with Gasteiger partial charge in [0.25, 0.3) is 5.56 Å². The van der Waals surface area contributed by atoms with Gasteiger partial charge in [-0.15, -0.1) is 0 Å². The molecule has 0 saturated heterocycles. The van der Waals surface area contributed by atoms with Crippen molar-refractivity contribution in [1.29, 1.82) is 0 Å². The number of carbonyl (C=O) groups excluding carboxylic acids is 1. The van der Waals surface area contributed by atoms with Gasteiger partial charge in [0.1, 0.15) is 6.04 Å². The zero-order valence-corrected chi connectivity index (χ0v) is 13.2. The van der Waals surface area contributed by atoms with Crippen LogP contribution < -0.4 is 10.9 Å². The molecule has 0 fully saturated rings. The lowest BCUT2D eigenvalue weighted by Crippen LogP contribution is -2.38. The summed E-state index contributed by atoms with van der Waals surface area (Å²) in [6.07, 6.45) is 7.02. The minimum Gasteiger partial charge on any atom is -0.354 e. The van der Waals surface area contributed by atoms with Crippen LogP contribution in [0.2, 0.25) is 0 Å². The van der Waals surface area contributed by atoms with Crippen LogP contribution in [0.25, 0.3) is 0 Å². The molecule has 1 atom stereocenters. The molecule has 0 aliphatic heterocycles. The maximum absolute atomic E-state index is 12.3. The number of aromatic nitrogens is 3. The van der Waals surface area contributed by atoms with Crippen LogP contribution in [0.5, 0.6) is 0 Å². The second kappa shape index (κ2) is 6.73. The molecule has 2 heterocycles. The predicted octanol–water partition coefficient (Wildman–Crippen LogP) is 1.05. The van der Waals surface area contributed by atoms with Crippen LogP contribution in [0, 0.1) is 0 Å². The average molecular weight is 312 g/mol. The van der Waals surface area contributed by atoms with E-state index in [0.29, 0.717) is 13.0 Å². The molecule has 6 nitrogen and oxygen atoms in total. The Bertz CT molecular complexity index is 755. The van der Waals surface area contributed by atoms with Crippen molar-refractivity contribution in [3.63, 3.8) is 0 Å². The van der Waals surface area contributed by atoms with E-state index in [2.05, 4.69) is 15.4 Å². The molecule has 2 aromatic heterocycles. The van der Waals surface area contributed by atoms with Gasteiger partial charge in [-0.2, -0.15) is 5.10 Å². The molecular weight excluding hydrogens is 292 g/mol. The first kappa shape index (κ1) is 15.4. The van der Waals surface area contributed by atoms with E-state index in [0.717, 1.165) is 36.1 Å². The molecule has 2 aromatic rings. The summed E-state index contributed by atoms with van der Waals surface area (Å²) < 4.78 is 1.30. The van der Waals surface area contributed by atoms with E-state index in [1.54, 1.807) is 25.4 Å². The van der Waals surface area contributed by atoms with Crippen molar-refractivity contribution in [2.24, 2.45) is 0 Å². The normalized spacial score (nSPS) is 14.3. The molecular formula is C17H20N4O2. The standard InChI is InChI=1S/C17H20N4O2/c1-12(17(23)19-9-7-13-4-3-8-18-11-13)21-16(22)10-14-5-2-6-15(14)20-21/h3-4,8,10-12H,2,5-7,9H2,1H3,(H,19,23). The smallest absolute Gasteiger partial charge is 0.267 e. The van der Waals surface area contributed by atoms with Crippen LogP contribution in [0.1, 0.15) is 36.2 Å². The monoisotopic (exact) mass is 312 g/mol. The molecule has 6 heteroatoms. The summed E-state index contributed by atoms with van der Waals surface area (Å²) in [5.41, 5.74) is 2.82. The van der Waals surface area contributed by atoms with Crippen LogP contribution in [-0.2, 0) is 24.1 Å². The summed E-state index contributed by atoms with van der Waals surface area (Å²) in [7, 11) is 0. The Kier molecular flexibility index (Phi) is 4.50. The molecule has 0 bridgehead atoms. The Balaban J connectivity index is 1.62. The Hall–Kier alpha value is -2.50. The molecule has 1 amide bonds. The zero-order chi connectivity index (χ0) is 16.2. The lowest BCUT2D eigenvalue weighted by atomic mass is 10.2. The topological polar surface area (TPSA) is 76.9 Å². The summed E-state index contributed by atoms with van der Waals surface area (Å²) in [6, 6.07) is 4.85. The Labute approximate surface area is 134 Å². The maximum atomic E-state index is 12.3. The summed E-state index contributed by atoms with van der Waals surface area (Å²) in [6.45, 7) is 2.21. The number of hydrogen-bond donors (Lipinski definition) is 1. The predicted molar refractivity (Wildman–Crippen MR) is 86.2 cm³/mol. The number of nitrogens with zero attached hydrogens (tertiary/aromatic N) is 3. The highest BCUT2D eigenvalue weighted by atomic mass is 16.2. The first-order chi connectivity index (χ1) is 11.1. The van der Waals surface area contributed by atoms with Crippen LogP contribution in [0.3, 0.4) is 0 Å². The molecule has 0 aromatic carbocycles. The molecule has 23 heavy (non-hydrogen) atoms. The minimum absolute atomic E-state index is 0.193. The lowest BCUT2D eigenvalue weighted by Gasteiger charge is -2.15. The summed E-state index contributed by atoms with van der Waals surface area (Å²) in [5, 5.41) is 7.23.